The first kappa shape index (κ1) is 12.4. The Kier molecular flexibility index (Phi) is 4.98. The van der Waals surface area contributed by atoms with Gasteiger partial charge in [0.05, 0.1) is 20.3 Å². The van der Waals surface area contributed by atoms with E-state index in [1.807, 2.05) is 7.05 Å². The van der Waals surface area contributed by atoms with E-state index in [2.05, 4.69) is 9.64 Å². The zero-order chi connectivity index (χ0) is 11.3. The van der Waals surface area contributed by atoms with Gasteiger partial charge in [-0.2, -0.15) is 0 Å². The second-order valence-corrected chi connectivity index (χ2v) is 3.80. The van der Waals surface area contributed by atoms with E-state index in [1.54, 1.807) is 0 Å². The summed E-state index contributed by atoms with van der Waals surface area (Å²) in [6.07, 6.45) is 0.563. The predicted molar refractivity (Wildman–Crippen MR) is 53.4 cm³/mol. The van der Waals surface area contributed by atoms with E-state index >= 15 is 0 Å². The lowest BCUT2D eigenvalue weighted by atomic mass is 10.2. The third-order valence-electron chi connectivity index (χ3n) is 2.70. The Morgan fingerprint density at radius 1 is 1.67 bits per heavy atom. The Hall–Kier alpha value is -0.680. The van der Waals surface area contributed by atoms with Crippen molar-refractivity contribution in [3.05, 3.63) is 0 Å². The number of methoxy groups -OCH3 is 1. The number of carbonyl (C=O) groups excluding carboxylic acids is 1. The summed E-state index contributed by atoms with van der Waals surface area (Å²) in [7, 11) is 3.19. The minimum absolute atomic E-state index is 0.211. The van der Waals surface area contributed by atoms with Gasteiger partial charge in [0.1, 0.15) is 0 Å². The smallest absolute Gasteiger partial charge is 0.342 e. The van der Waals surface area contributed by atoms with Gasteiger partial charge in [-0.25, -0.2) is 9.18 Å². The molecule has 1 fully saturated rings. The SMILES string of the molecule is COC(=O)C(F)COC[C@@H]1CCCN1C. The summed E-state index contributed by atoms with van der Waals surface area (Å²) in [6, 6.07) is 0.356. The molecule has 88 valence electrons. The molecule has 0 aromatic rings. The summed E-state index contributed by atoms with van der Waals surface area (Å²) < 4.78 is 22.4. The van der Waals surface area contributed by atoms with Crippen molar-refractivity contribution in [1.82, 2.24) is 4.90 Å². The number of rotatable bonds is 5. The molecular weight excluding hydrogens is 201 g/mol. The molecule has 1 heterocycles. The molecule has 0 bridgehead atoms. The first-order valence-electron chi connectivity index (χ1n) is 5.15. The van der Waals surface area contributed by atoms with Gasteiger partial charge in [-0.3, -0.25) is 0 Å². The van der Waals surface area contributed by atoms with Gasteiger partial charge in [0.2, 0.25) is 6.17 Å². The maximum Gasteiger partial charge on any atom is 0.342 e. The Bertz CT molecular complexity index is 213. The Labute approximate surface area is 89.3 Å². The van der Waals surface area contributed by atoms with Crippen LogP contribution in [0.2, 0.25) is 0 Å². The molecule has 1 aliphatic heterocycles. The molecule has 1 aliphatic rings. The highest BCUT2D eigenvalue weighted by atomic mass is 19.1. The van der Waals surface area contributed by atoms with Crippen molar-refractivity contribution in [3.8, 4) is 0 Å². The lowest BCUT2D eigenvalue weighted by molar-refractivity contribution is -0.149. The van der Waals surface area contributed by atoms with E-state index < -0.39 is 12.1 Å². The van der Waals surface area contributed by atoms with Gasteiger partial charge >= 0.3 is 5.97 Å². The van der Waals surface area contributed by atoms with Crippen LogP contribution < -0.4 is 0 Å². The topological polar surface area (TPSA) is 38.8 Å². The van der Waals surface area contributed by atoms with Crippen molar-refractivity contribution in [2.75, 3.05) is 33.9 Å². The fourth-order valence-corrected chi connectivity index (χ4v) is 1.69. The maximum atomic E-state index is 13.0. The molecule has 5 heteroatoms. The van der Waals surface area contributed by atoms with Crippen molar-refractivity contribution >= 4 is 5.97 Å². The first-order chi connectivity index (χ1) is 7.15. The van der Waals surface area contributed by atoms with Gasteiger partial charge in [-0.1, -0.05) is 0 Å². The molecule has 0 aliphatic carbocycles. The molecule has 0 aromatic heterocycles. The number of likely N-dealkylation sites (tertiary alicyclic amines) is 1. The third-order valence-corrected chi connectivity index (χ3v) is 2.70. The van der Waals surface area contributed by atoms with Gasteiger partial charge in [-0.15, -0.1) is 0 Å². The highest BCUT2D eigenvalue weighted by Crippen LogP contribution is 2.14. The van der Waals surface area contributed by atoms with Crippen LogP contribution >= 0.6 is 0 Å². The molecule has 1 unspecified atom stereocenters. The summed E-state index contributed by atoms with van der Waals surface area (Å²) >= 11 is 0. The number of carbonyl (C=O) groups is 1. The number of ether oxygens (including phenoxy) is 2. The summed E-state index contributed by atoms with van der Waals surface area (Å²) in [5.74, 6) is -0.866. The molecule has 0 saturated carbocycles. The molecule has 0 aromatic carbocycles. The van der Waals surface area contributed by atoms with Crippen LogP contribution in [0.15, 0.2) is 0 Å². The van der Waals surface area contributed by atoms with Crippen LogP contribution in [0.4, 0.5) is 4.39 Å². The normalized spacial score (nSPS) is 24.1. The van der Waals surface area contributed by atoms with Crippen LogP contribution in [0, 0.1) is 0 Å². The predicted octanol–water partition coefficient (Wildman–Crippen LogP) is 0.608. The first-order valence-corrected chi connectivity index (χ1v) is 5.15. The molecule has 1 rings (SSSR count). The average Bonchev–Trinajstić information content (AvgIpc) is 2.63. The standard InChI is InChI=1S/C10H18FNO3/c1-12-5-3-4-8(12)6-15-7-9(11)10(13)14-2/h8-9H,3-7H2,1-2H3/t8-,9?/m0/s1. The summed E-state index contributed by atoms with van der Waals surface area (Å²) in [6.45, 7) is 1.33. The van der Waals surface area contributed by atoms with Crippen LogP contribution in [-0.2, 0) is 14.3 Å². The number of hydrogen-bond donors (Lipinski definition) is 0. The molecule has 0 spiro atoms. The van der Waals surface area contributed by atoms with Gasteiger partial charge in [0.15, 0.2) is 0 Å². The quantitative estimate of drug-likeness (QED) is 0.635. The molecule has 0 radical (unpaired) electrons. The van der Waals surface area contributed by atoms with Crippen molar-refractivity contribution in [1.29, 1.82) is 0 Å². The molecule has 1 saturated heterocycles. The fraction of sp³-hybridized carbons (Fsp3) is 0.900. The zero-order valence-corrected chi connectivity index (χ0v) is 9.24. The monoisotopic (exact) mass is 219 g/mol. The minimum Gasteiger partial charge on any atom is -0.467 e. The highest BCUT2D eigenvalue weighted by Gasteiger charge is 2.23. The van der Waals surface area contributed by atoms with Crippen LogP contribution in [-0.4, -0.2) is 57.0 Å². The molecular formula is C10H18FNO3. The fourth-order valence-electron chi connectivity index (χ4n) is 1.69. The van der Waals surface area contributed by atoms with Crippen LogP contribution in [0.3, 0.4) is 0 Å². The lowest BCUT2D eigenvalue weighted by Crippen LogP contribution is -2.31. The van der Waals surface area contributed by atoms with E-state index in [1.165, 1.54) is 7.11 Å². The van der Waals surface area contributed by atoms with E-state index in [4.69, 9.17) is 4.74 Å². The Balaban J connectivity index is 2.13. The number of hydrogen-bond acceptors (Lipinski definition) is 4. The third kappa shape index (κ3) is 3.76. The Morgan fingerprint density at radius 3 is 2.93 bits per heavy atom. The number of likely N-dealkylation sites (N-methyl/N-ethyl adjacent to an activating group) is 1. The van der Waals surface area contributed by atoms with Crippen LogP contribution in [0.1, 0.15) is 12.8 Å². The number of esters is 1. The molecule has 0 N–H and O–H groups in total. The van der Waals surface area contributed by atoms with E-state index in [9.17, 15) is 9.18 Å². The second-order valence-electron chi connectivity index (χ2n) is 3.80. The maximum absolute atomic E-state index is 13.0. The average molecular weight is 219 g/mol. The van der Waals surface area contributed by atoms with Gasteiger partial charge in [-0.05, 0) is 26.4 Å². The summed E-state index contributed by atoms with van der Waals surface area (Å²) in [5, 5.41) is 0. The summed E-state index contributed by atoms with van der Waals surface area (Å²) in [5.41, 5.74) is 0. The molecule has 2 atom stereocenters. The zero-order valence-electron chi connectivity index (χ0n) is 9.24. The number of halogens is 1. The van der Waals surface area contributed by atoms with Gasteiger partial charge < -0.3 is 14.4 Å². The molecule has 0 amide bonds. The van der Waals surface area contributed by atoms with Crippen molar-refractivity contribution in [2.45, 2.75) is 25.1 Å². The summed E-state index contributed by atoms with van der Waals surface area (Å²) in [4.78, 5) is 12.9. The van der Waals surface area contributed by atoms with Crippen LogP contribution in [0.25, 0.3) is 0 Å². The largest absolute Gasteiger partial charge is 0.467 e. The molecule has 15 heavy (non-hydrogen) atoms. The highest BCUT2D eigenvalue weighted by molar-refractivity contribution is 5.74. The van der Waals surface area contributed by atoms with Gasteiger partial charge in [0, 0.05) is 6.04 Å². The molecule has 4 nitrogen and oxygen atoms in total. The van der Waals surface area contributed by atoms with E-state index in [0.29, 0.717) is 12.6 Å². The van der Waals surface area contributed by atoms with Crippen molar-refractivity contribution < 1.29 is 18.7 Å². The Morgan fingerprint density at radius 2 is 2.40 bits per heavy atom. The van der Waals surface area contributed by atoms with Crippen molar-refractivity contribution in [3.63, 3.8) is 0 Å². The minimum atomic E-state index is -1.67. The number of alkyl halides is 1. The van der Waals surface area contributed by atoms with E-state index in [-0.39, 0.29) is 6.61 Å². The van der Waals surface area contributed by atoms with Crippen LogP contribution in [0.5, 0.6) is 0 Å². The van der Waals surface area contributed by atoms with Gasteiger partial charge in [0.25, 0.3) is 0 Å². The lowest BCUT2D eigenvalue weighted by Gasteiger charge is -2.19. The number of nitrogens with zero attached hydrogens (tertiary/aromatic N) is 1. The second kappa shape index (κ2) is 6.02. The van der Waals surface area contributed by atoms with Crippen molar-refractivity contribution in [2.24, 2.45) is 0 Å². The van der Waals surface area contributed by atoms with E-state index in [0.717, 1.165) is 19.4 Å².